The van der Waals surface area contributed by atoms with E-state index in [2.05, 4.69) is 26.6 Å². The van der Waals surface area contributed by atoms with Crippen LogP contribution >= 0.6 is 8.60 Å². The van der Waals surface area contributed by atoms with Crippen LogP contribution in [0.5, 0.6) is 28.7 Å². The Labute approximate surface area is 399 Å². The van der Waals surface area contributed by atoms with Crippen LogP contribution in [-0.4, -0.2) is 81.4 Å². The first-order valence-corrected chi connectivity index (χ1v) is 21.9. The van der Waals surface area contributed by atoms with Gasteiger partial charge in [0.05, 0.1) is 43.8 Å². The van der Waals surface area contributed by atoms with Gasteiger partial charge in [0.15, 0.2) is 23.0 Å². The lowest BCUT2D eigenvalue weighted by Crippen LogP contribution is -2.32. The summed E-state index contributed by atoms with van der Waals surface area (Å²) < 4.78 is 15.1. The zero-order valence-electron chi connectivity index (χ0n) is 38.8. The molecular formula is C48H53N6O14P. The second kappa shape index (κ2) is 28.5. The van der Waals surface area contributed by atoms with E-state index in [1.54, 1.807) is 31.2 Å². The summed E-state index contributed by atoms with van der Waals surface area (Å²) in [5.74, 6) is -6.12. The van der Waals surface area contributed by atoms with E-state index in [0.29, 0.717) is 22.5 Å². The van der Waals surface area contributed by atoms with Crippen LogP contribution in [0.4, 0.5) is 22.7 Å². The molecule has 0 fully saturated rings. The van der Waals surface area contributed by atoms with Gasteiger partial charge in [-0.25, -0.2) is 4.79 Å². The number of carboxylic acids is 1. The molecule has 0 spiro atoms. The highest BCUT2D eigenvalue weighted by Gasteiger charge is 2.24. The molecule has 69 heavy (non-hydrogen) atoms. The molecule has 20 nitrogen and oxygen atoms in total. The Morgan fingerprint density at radius 1 is 0.638 bits per heavy atom. The van der Waals surface area contributed by atoms with Gasteiger partial charge in [-0.3, -0.25) is 24.0 Å². The summed E-state index contributed by atoms with van der Waals surface area (Å²) in [5.41, 5.74) is 1.32. The van der Waals surface area contributed by atoms with Gasteiger partial charge in [0.1, 0.15) is 11.3 Å². The Bertz CT molecular complexity index is 2650. The van der Waals surface area contributed by atoms with Crippen molar-refractivity contribution in [1.82, 2.24) is 5.32 Å². The van der Waals surface area contributed by atoms with Crippen LogP contribution in [0.25, 0.3) is 6.08 Å². The van der Waals surface area contributed by atoms with Crippen molar-refractivity contribution in [3.8, 4) is 34.8 Å². The average Bonchev–Trinajstić information content (AvgIpc) is 3.33. The number of ether oxygens (including phenoxy) is 2. The molecule has 0 aliphatic carbocycles. The Kier molecular flexibility index (Phi) is 23.4. The van der Waals surface area contributed by atoms with Crippen molar-refractivity contribution in [3.05, 3.63) is 130 Å². The van der Waals surface area contributed by atoms with Gasteiger partial charge in [-0.15, -0.1) is 0 Å². The smallest absolute Gasteiger partial charge is 0.391 e. The lowest BCUT2D eigenvalue weighted by atomic mass is 10.1. The average molecular weight is 969 g/mol. The van der Waals surface area contributed by atoms with Crippen molar-refractivity contribution in [3.63, 3.8) is 0 Å². The number of benzene rings is 5. The fraction of sp³-hybridized carbons (Fsp3) is 0.188. The summed E-state index contributed by atoms with van der Waals surface area (Å²) in [6.45, 7) is 10.7. The molecule has 0 aliphatic rings. The van der Waals surface area contributed by atoms with Gasteiger partial charge in [-0.05, 0) is 103 Å². The maximum absolute atomic E-state index is 13.1. The lowest BCUT2D eigenvalue weighted by Gasteiger charge is -2.16. The van der Waals surface area contributed by atoms with Gasteiger partial charge in [-0.1, -0.05) is 39.8 Å². The van der Waals surface area contributed by atoms with Crippen LogP contribution in [0.3, 0.4) is 0 Å². The fourth-order valence-corrected chi connectivity index (χ4v) is 5.94. The number of carbonyl (C=O) groups is 6. The van der Waals surface area contributed by atoms with Crippen molar-refractivity contribution in [1.29, 1.82) is 5.26 Å². The molecule has 0 aromatic heterocycles. The van der Waals surface area contributed by atoms with Crippen LogP contribution in [0.2, 0.25) is 0 Å². The molecule has 0 heterocycles. The highest BCUT2D eigenvalue weighted by atomic mass is 31.2. The minimum atomic E-state index is -2.54. The normalized spacial score (nSPS) is 10.1. The standard InChI is InChI=1S/C42H38N5O14P.C2H3N.2C2H6/c1-22(20-23-4-14-28(15-5-23)61-62(57)58)38(51)45-27-12-6-24(7-13-27)39(52)43-21-33(48)44-26-10-8-25(9-11-26)40(53)46-31-18-16-29(34(49)36(31)59-2)41(54)47-32-19-17-30(42(55)56)35(50)37(32)60-3;1-2-3;2*1-2/h4-20,49-50,57-58H,21H2,1-3H3,(H,43,52)(H,44,48)(H,45,51)(H,46,53)(H,47,54)(H,55,56);1H3;2*1-2H3/b22-20+;;;. The van der Waals surface area contributed by atoms with Crippen molar-refractivity contribution in [2.75, 3.05) is 42.0 Å². The summed E-state index contributed by atoms with van der Waals surface area (Å²) in [7, 11) is -0.177. The topological polar surface area (TPSA) is 315 Å². The molecule has 0 radical (unpaired) electrons. The predicted molar refractivity (Wildman–Crippen MR) is 261 cm³/mol. The minimum Gasteiger partial charge on any atom is -0.504 e. The number of carboxylic acid groups (broad SMARTS) is 1. The number of nitrogens with one attached hydrogen (secondary N) is 5. The molecular weight excluding hydrogens is 916 g/mol. The number of methoxy groups -OCH3 is 2. The Morgan fingerprint density at radius 2 is 1.09 bits per heavy atom. The summed E-state index contributed by atoms with van der Waals surface area (Å²) in [5, 5.41) is 50.6. The van der Waals surface area contributed by atoms with Gasteiger partial charge in [0.25, 0.3) is 23.6 Å². The molecule has 364 valence electrons. The second-order valence-corrected chi connectivity index (χ2v) is 13.8. The number of carbonyl (C=O) groups excluding carboxylic acids is 5. The van der Waals surface area contributed by atoms with Crippen LogP contribution < -0.4 is 40.6 Å². The first-order valence-electron chi connectivity index (χ1n) is 20.7. The van der Waals surface area contributed by atoms with Crippen LogP contribution in [0.1, 0.15) is 88.5 Å². The number of phenolic OH excluding ortho intramolecular Hbond substituents is 1. The number of phenols is 2. The molecule has 5 rings (SSSR count). The van der Waals surface area contributed by atoms with Gasteiger partial charge in [-0.2, -0.15) is 5.26 Å². The summed E-state index contributed by atoms with van der Waals surface area (Å²) in [4.78, 5) is 93.5. The van der Waals surface area contributed by atoms with E-state index in [4.69, 9.17) is 29.0 Å². The third kappa shape index (κ3) is 16.7. The number of anilines is 4. The molecule has 5 aromatic carbocycles. The molecule has 10 N–H and O–H groups in total. The largest absolute Gasteiger partial charge is 0.504 e. The van der Waals surface area contributed by atoms with E-state index in [0.717, 1.165) is 13.2 Å². The Balaban J connectivity index is 0.00000221. The summed E-state index contributed by atoms with van der Waals surface area (Å²) in [6, 6.07) is 24.6. The van der Waals surface area contributed by atoms with E-state index in [-0.39, 0.29) is 51.9 Å². The quantitative estimate of drug-likeness (QED) is 0.0332. The molecule has 0 atom stereocenters. The predicted octanol–water partition coefficient (Wildman–Crippen LogP) is 7.90. The van der Waals surface area contributed by atoms with Gasteiger partial charge < -0.3 is 65.7 Å². The third-order valence-electron chi connectivity index (χ3n) is 8.70. The molecule has 0 unspecified atom stereocenters. The van der Waals surface area contributed by atoms with Gasteiger partial charge >= 0.3 is 14.6 Å². The van der Waals surface area contributed by atoms with Crippen molar-refractivity contribution < 1.29 is 67.9 Å². The van der Waals surface area contributed by atoms with Crippen LogP contribution in [0, 0.1) is 11.3 Å². The van der Waals surface area contributed by atoms with Crippen LogP contribution in [0.15, 0.2) is 103 Å². The van der Waals surface area contributed by atoms with E-state index >= 15 is 0 Å². The SMILES string of the molecule is CC.CC.CC#N.COc1c(NC(=O)c2ccc(NC(=O)c3ccc(NC(=O)CNC(=O)c4ccc(NC(=O)/C(C)=C/c5ccc(OP(O)O)cc5)cc4)cc3)c(OC)c2O)ccc(C(=O)O)c1O. The monoisotopic (exact) mass is 968 g/mol. The number of nitriles is 1. The van der Waals surface area contributed by atoms with E-state index in [9.17, 15) is 44.1 Å². The molecule has 5 aromatic rings. The molecule has 5 amide bonds. The minimum absolute atomic E-state index is 0.00162. The Hall–Kier alpha value is -8.50. The molecule has 0 bridgehead atoms. The number of hydrogen-bond donors (Lipinski definition) is 10. The molecule has 21 heteroatoms. The maximum atomic E-state index is 13.1. The second-order valence-electron chi connectivity index (χ2n) is 13.1. The van der Waals surface area contributed by atoms with Crippen molar-refractivity contribution in [2.24, 2.45) is 0 Å². The number of aromatic hydroxyl groups is 2. The van der Waals surface area contributed by atoms with Gasteiger partial charge in [0.2, 0.25) is 5.91 Å². The molecule has 0 saturated carbocycles. The number of aromatic carboxylic acids is 1. The van der Waals surface area contributed by atoms with Crippen LogP contribution in [-0.2, 0) is 9.59 Å². The van der Waals surface area contributed by atoms with Crippen molar-refractivity contribution >= 4 is 72.9 Å². The third-order valence-corrected chi connectivity index (χ3v) is 9.07. The van der Waals surface area contributed by atoms with E-state index in [1.807, 2.05) is 27.7 Å². The molecule has 0 aliphatic heterocycles. The zero-order chi connectivity index (χ0) is 51.8. The number of amides is 5. The number of nitrogens with zero attached hydrogens (tertiary/aromatic N) is 1. The van der Waals surface area contributed by atoms with E-state index in [1.165, 1.54) is 92.9 Å². The van der Waals surface area contributed by atoms with Crippen molar-refractivity contribution in [2.45, 2.75) is 41.5 Å². The highest BCUT2D eigenvalue weighted by molar-refractivity contribution is 7.39. The van der Waals surface area contributed by atoms with Gasteiger partial charge in [0, 0.05) is 35.0 Å². The van der Waals surface area contributed by atoms with E-state index < -0.39 is 61.2 Å². The zero-order valence-corrected chi connectivity index (χ0v) is 39.7. The summed E-state index contributed by atoms with van der Waals surface area (Å²) >= 11 is 0. The summed E-state index contributed by atoms with van der Waals surface area (Å²) in [6.07, 6.45) is 1.63. The lowest BCUT2D eigenvalue weighted by molar-refractivity contribution is -0.115. The maximum Gasteiger partial charge on any atom is 0.391 e. The number of rotatable bonds is 16. The first-order chi connectivity index (χ1) is 33.0. The first kappa shape index (κ1) is 56.6. The Morgan fingerprint density at radius 3 is 1.57 bits per heavy atom. The molecule has 0 saturated heterocycles. The fourth-order valence-electron chi connectivity index (χ4n) is 5.63. The highest BCUT2D eigenvalue weighted by Crippen LogP contribution is 2.40. The number of hydrogen-bond acceptors (Lipinski definition) is 14.